The van der Waals surface area contributed by atoms with Gasteiger partial charge in [-0.15, -0.1) is 0 Å². The van der Waals surface area contributed by atoms with Crippen molar-refractivity contribution in [2.24, 2.45) is 0 Å². The van der Waals surface area contributed by atoms with E-state index in [1.54, 1.807) is 19.1 Å². The van der Waals surface area contributed by atoms with Gasteiger partial charge >= 0.3 is 0 Å². The Kier molecular flexibility index (Phi) is 7.60. The molecule has 8 heteroatoms. The van der Waals surface area contributed by atoms with Crippen molar-refractivity contribution in [2.75, 3.05) is 17.1 Å². The van der Waals surface area contributed by atoms with Crippen molar-refractivity contribution in [3.05, 3.63) is 77.9 Å². The van der Waals surface area contributed by atoms with Crippen LogP contribution in [0.5, 0.6) is 11.5 Å². The predicted molar refractivity (Wildman–Crippen MR) is 130 cm³/mol. The fourth-order valence-electron chi connectivity index (χ4n) is 3.22. The van der Waals surface area contributed by atoms with Gasteiger partial charge in [0.05, 0.1) is 17.7 Å². The number of benzene rings is 3. The van der Waals surface area contributed by atoms with Gasteiger partial charge in [-0.05, 0) is 73.9 Å². The second-order valence-electron chi connectivity index (χ2n) is 7.54. The molecule has 0 unspecified atom stereocenters. The van der Waals surface area contributed by atoms with Crippen LogP contribution in [0.15, 0.2) is 71.6 Å². The van der Waals surface area contributed by atoms with Crippen molar-refractivity contribution in [1.29, 1.82) is 0 Å². The number of hydrogen-bond acceptors (Lipinski definition) is 5. The van der Waals surface area contributed by atoms with Crippen molar-refractivity contribution in [1.82, 2.24) is 0 Å². The second-order valence-corrected chi connectivity index (χ2v) is 9.23. The Morgan fingerprint density at radius 2 is 1.70 bits per heavy atom. The maximum absolute atomic E-state index is 12.8. The highest BCUT2D eigenvalue weighted by Gasteiger charge is 2.19. The Hall–Kier alpha value is -3.52. The first kappa shape index (κ1) is 24.1. The molecule has 33 heavy (non-hydrogen) atoms. The highest BCUT2D eigenvalue weighted by molar-refractivity contribution is 7.92. The van der Waals surface area contributed by atoms with E-state index < -0.39 is 16.1 Å². The van der Waals surface area contributed by atoms with Crippen LogP contribution in [0.3, 0.4) is 0 Å². The molecule has 0 radical (unpaired) electrons. The molecule has 3 rings (SSSR count). The van der Waals surface area contributed by atoms with Gasteiger partial charge < -0.3 is 14.8 Å². The smallest absolute Gasteiger partial charge is 0.265 e. The number of amides is 1. The largest absolute Gasteiger partial charge is 0.495 e. The molecule has 0 heterocycles. The average molecular weight is 469 g/mol. The van der Waals surface area contributed by atoms with E-state index in [2.05, 4.69) is 10.0 Å². The SMILES string of the molecule is CCc1ccccc1O[C@H](C)C(=O)Nc1ccc(S(=O)(=O)Nc2cc(C)ccc2OC)cc1. The third-order valence-electron chi connectivity index (χ3n) is 5.06. The number of ether oxygens (including phenoxy) is 2. The third kappa shape index (κ3) is 6.04. The molecule has 7 nitrogen and oxygen atoms in total. The lowest BCUT2D eigenvalue weighted by molar-refractivity contribution is -0.122. The van der Waals surface area contributed by atoms with Gasteiger partial charge in [0.1, 0.15) is 11.5 Å². The molecule has 0 aliphatic carbocycles. The molecular weight excluding hydrogens is 440 g/mol. The summed E-state index contributed by atoms with van der Waals surface area (Å²) in [6.45, 7) is 5.55. The van der Waals surface area contributed by atoms with Crippen LogP contribution in [-0.2, 0) is 21.2 Å². The van der Waals surface area contributed by atoms with Crippen molar-refractivity contribution >= 4 is 27.3 Å². The summed E-state index contributed by atoms with van der Waals surface area (Å²) in [7, 11) is -2.36. The van der Waals surface area contributed by atoms with Gasteiger partial charge in [0, 0.05) is 5.69 Å². The molecule has 0 spiro atoms. The number of rotatable bonds is 9. The number of methoxy groups -OCH3 is 1. The zero-order chi connectivity index (χ0) is 24.0. The summed E-state index contributed by atoms with van der Waals surface area (Å²) in [5, 5.41) is 2.75. The third-order valence-corrected chi connectivity index (χ3v) is 6.44. The summed E-state index contributed by atoms with van der Waals surface area (Å²) in [6, 6.07) is 18.7. The molecule has 0 fully saturated rings. The van der Waals surface area contributed by atoms with E-state index in [0.29, 0.717) is 22.9 Å². The van der Waals surface area contributed by atoms with Gasteiger partial charge in [0.15, 0.2) is 6.10 Å². The topological polar surface area (TPSA) is 93.7 Å². The first-order valence-corrected chi connectivity index (χ1v) is 12.0. The van der Waals surface area contributed by atoms with E-state index in [1.165, 1.54) is 31.4 Å². The quantitative estimate of drug-likeness (QED) is 0.472. The Morgan fingerprint density at radius 3 is 2.36 bits per heavy atom. The summed E-state index contributed by atoms with van der Waals surface area (Å²) in [6.07, 6.45) is 0.0691. The van der Waals surface area contributed by atoms with Crippen molar-refractivity contribution < 1.29 is 22.7 Å². The monoisotopic (exact) mass is 468 g/mol. The van der Waals surface area contributed by atoms with E-state index >= 15 is 0 Å². The molecular formula is C25H28N2O5S. The number of carbonyl (C=O) groups excluding carboxylic acids is 1. The van der Waals surface area contributed by atoms with Crippen LogP contribution in [0.2, 0.25) is 0 Å². The van der Waals surface area contributed by atoms with Gasteiger partial charge in [0.2, 0.25) is 0 Å². The lowest BCUT2D eigenvalue weighted by Gasteiger charge is -2.17. The molecule has 0 aliphatic heterocycles. The molecule has 174 valence electrons. The lowest BCUT2D eigenvalue weighted by Crippen LogP contribution is -2.30. The number of nitrogens with one attached hydrogen (secondary N) is 2. The van der Waals surface area contributed by atoms with E-state index in [4.69, 9.17) is 9.47 Å². The molecule has 0 bridgehead atoms. The normalized spacial score (nSPS) is 12.0. The lowest BCUT2D eigenvalue weighted by atomic mass is 10.1. The van der Waals surface area contributed by atoms with Gasteiger partial charge in [-0.25, -0.2) is 8.42 Å². The molecule has 2 N–H and O–H groups in total. The van der Waals surface area contributed by atoms with Gasteiger partial charge in [-0.2, -0.15) is 0 Å². The summed E-state index contributed by atoms with van der Waals surface area (Å²) in [5.74, 6) is 0.757. The number of para-hydroxylation sites is 1. The van der Waals surface area contributed by atoms with Gasteiger partial charge in [-0.3, -0.25) is 9.52 Å². The highest BCUT2D eigenvalue weighted by atomic mass is 32.2. The molecule has 3 aromatic carbocycles. The number of sulfonamides is 1. The van der Waals surface area contributed by atoms with E-state index in [0.717, 1.165) is 17.5 Å². The fourth-order valence-corrected chi connectivity index (χ4v) is 4.28. The number of anilines is 2. The number of aryl methyl sites for hydroxylation is 2. The minimum Gasteiger partial charge on any atom is -0.495 e. The molecule has 0 aliphatic rings. The van der Waals surface area contributed by atoms with Crippen LogP contribution in [0, 0.1) is 6.92 Å². The van der Waals surface area contributed by atoms with E-state index in [9.17, 15) is 13.2 Å². The van der Waals surface area contributed by atoms with Gasteiger partial charge in [0.25, 0.3) is 15.9 Å². The average Bonchev–Trinajstić information content (AvgIpc) is 2.79. The summed E-state index contributed by atoms with van der Waals surface area (Å²) < 4.78 is 39.2. The molecule has 3 aromatic rings. The number of hydrogen-bond donors (Lipinski definition) is 2. The molecule has 0 saturated carbocycles. The predicted octanol–water partition coefficient (Wildman–Crippen LogP) is 4.77. The molecule has 0 saturated heterocycles. The fraction of sp³-hybridized carbons (Fsp3) is 0.240. The molecule has 1 amide bonds. The van der Waals surface area contributed by atoms with Gasteiger partial charge in [-0.1, -0.05) is 31.2 Å². The maximum atomic E-state index is 12.8. The standard InChI is InChI=1S/C25H28N2O5S/c1-5-19-8-6-7-9-23(19)32-18(3)25(28)26-20-11-13-21(14-12-20)33(29,30)27-22-16-17(2)10-15-24(22)31-4/h6-16,18,27H,5H2,1-4H3,(H,26,28)/t18-/m1/s1. The Labute approximate surface area is 194 Å². The van der Waals surface area contributed by atoms with E-state index in [-0.39, 0.29) is 10.8 Å². The summed E-state index contributed by atoms with van der Waals surface area (Å²) >= 11 is 0. The Balaban J connectivity index is 1.68. The zero-order valence-electron chi connectivity index (χ0n) is 19.1. The summed E-state index contributed by atoms with van der Waals surface area (Å²) in [4.78, 5) is 12.6. The van der Waals surface area contributed by atoms with Crippen LogP contribution < -0.4 is 19.5 Å². The highest BCUT2D eigenvalue weighted by Crippen LogP contribution is 2.28. The second kappa shape index (κ2) is 10.4. The van der Waals surface area contributed by atoms with Crippen LogP contribution in [0.1, 0.15) is 25.0 Å². The number of carbonyl (C=O) groups is 1. The van der Waals surface area contributed by atoms with Crippen LogP contribution >= 0.6 is 0 Å². The Morgan fingerprint density at radius 1 is 1.00 bits per heavy atom. The van der Waals surface area contributed by atoms with Crippen LogP contribution in [0.25, 0.3) is 0 Å². The van der Waals surface area contributed by atoms with Crippen LogP contribution in [-0.4, -0.2) is 27.5 Å². The maximum Gasteiger partial charge on any atom is 0.265 e. The van der Waals surface area contributed by atoms with Crippen molar-refractivity contribution in [2.45, 2.75) is 38.2 Å². The minimum absolute atomic E-state index is 0.0604. The van der Waals surface area contributed by atoms with Crippen molar-refractivity contribution in [3.8, 4) is 11.5 Å². The minimum atomic E-state index is -3.84. The molecule has 1 atom stereocenters. The molecule has 0 aromatic heterocycles. The summed E-state index contributed by atoms with van der Waals surface area (Å²) in [5.41, 5.74) is 2.73. The van der Waals surface area contributed by atoms with Crippen molar-refractivity contribution in [3.63, 3.8) is 0 Å². The zero-order valence-corrected chi connectivity index (χ0v) is 19.9. The first-order chi connectivity index (χ1) is 15.7. The van der Waals surface area contributed by atoms with Crippen LogP contribution in [0.4, 0.5) is 11.4 Å². The first-order valence-electron chi connectivity index (χ1n) is 10.6. The Bertz CT molecular complexity index is 1220. The van der Waals surface area contributed by atoms with E-state index in [1.807, 2.05) is 44.2 Å².